The molecule has 4 aromatic rings. The molecule has 7 nitrogen and oxygen atoms in total. The zero-order chi connectivity index (χ0) is 24.1. The third-order valence-electron chi connectivity index (χ3n) is 6.05. The van der Waals surface area contributed by atoms with Crippen LogP contribution in [0, 0.1) is 6.92 Å². The van der Waals surface area contributed by atoms with E-state index in [2.05, 4.69) is 4.98 Å². The lowest BCUT2D eigenvalue weighted by Gasteiger charge is -2.15. The predicted molar refractivity (Wildman–Crippen MR) is 132 cm³/mol. The molecule has 0 aliphatic carbocycles. The standard InChI is InChI=1S/C24H22ClN3O4S2/c1-17-4-8-20(9-5-17)34(31,32)28-16-21(23-22(25)12-13-26-24(23)28)18-6-10-19(11-7-18)33(29,30)27-14-2-3-15-27/h4-13,16H,2-3,14-15H2,1H3. The first-order valence-electron chi connectivity index (χ1n) is 10.8. The largest absolute Gasteiger partial charge is 0.269 e. The number of aryl methyl sites for hydroxylation is 1. The van der Waals surface area contributed by atoms with Gasteiger partial charge in [0.05, 0.1) is 14.8 Å². The van der Waals surface area contributed by atoms with Gasteiger partial charge in [-0.3, -0.25) is 0 Å². The van der Waals surface area contributed by atoms with Gasteiger partial charge in [-0.15, -0.1) is 0 Å². The molecule has 0 unspecified atom stereocenters. The number of aromatic nitrogens is 2. The van der Waals surface area contributed by atoms with Crippen molar-refractivity contribution < 1.29 is 16.8 Å². The summed E-state index contributed by atoms with van der Waals surface area (Å²) in [5.74, 6) is 0. The van der Waals surface area contributed by atoms with Crippen LogP contribution in [0.4, 0.5) is 0 Å². The normalized spacial score (nSPS) is 15.2. The molecule has 10 heteroatoms. The van der Waals surface area contributed by atoms with Crippen molar-refractivity contribution in [3.63, 3.8) is 0 Å². The highest BCUT2D eigenvalue weighted by Gasteiger charge is 2.28. The number of nitrogens with zero attached hydrogens (tertiary/aromatic N) is 3. The lowest BCUT2D eigenvalue weighted by atomic mass is 10.1. The minimum atomic E-state index is -3.94. The lowest BCUT2D eigenvalue weighted by Crippen LogP contribution is -2.27. The Kier molecular flexibility index (Phi) is 5.76. The Morgan fingerprint density at radius 1 is 0.824 bits per heavy atom. The van der Waals surface area contributed by atoms with E-state index in [9.17, 15) is 16.8 Å². The summed E-state index contributed by atoms with van der Waals surface area (Å²) in [6, 6.07) is 14.6. The Bertz CT molecular complexity index is 1590. The first-order chi connectivity index (χ1) is 16.2. The highest BCUT2D eigenvalue weighted by molar-refractivity contribution is 7.90. The van der Waals surface area contributed by atoms with E-state index in [1.165, 1.54) is 16.7 Å². The van der Waals surface area contributed by atoms with Crippen molar-refractivity contribution in [2.75, 3.05) is 13.1 Å². The van der Waals surface area contributed by atoms with Crippen molar-refractivity contribution in [2.24, 2.45) is 0 Å². The zero-order valence-corrected chi connectivity index (χ0v) is 20.7. The van der Waals surface area contributed by atoms with Gasteiger partial charge in [-0.2, -0.15) is 4.31 Å². The highest BCUT2D eigenvalue weighted by atomic mass is 35.5. The van der Waals surface area contributed by atoms with Gasteiger partial charge >= 0.3 is 0 Å². The fourth-order valence-corrected chi connectivity index (χ4v) is 7.27. The van der Waals surface area contributed by atoms with Crippen LogP contribution < -0.4 is 0 Å². The number of benzene rings is 2. The van der Waals surface area contributed by atoms with Gasteiger partial charge in [0.2, 0.25) is 10.0 Å². The number of halogens is 1. The molecule has 0 atom stereocenters. The predicted octanol–water partition coefficient (Wildman–Crippen LogP) is 4.69. The van der Waals surface area contributed by atoms with Crippen molar-refractivity contribution in [1.82, 2.24) is 13.3 Å². The molecule has 3 heterocycles. The van der Waals surface area contributed by atoms with E-state index in [0.29, 0.717) is 34.6 Å². The maximum atomic E-state index is 13.4. The van der Waals surface area contributed by atoms with E-state index in [1.54, 1.807) is 54.6 Å². The van der Waals surface area contributed by atoms with E-state index in [0.717, 1.165) is 22.4 Å². The van der Waals surface area contributed by atoms with Gasteiger partial charge in [0.25, 0.3) is 10.0 Å². The SMILES string of the molecule is Cc1ccc(S(=O)(=O)n2cc(-c3ccc(S(=O)(=O)N4CCCC4)cc3)c3c(Cl)ccnc32)cc1. The van der Waals surface area contributed by atoms with Crippen LogP contribution in [0.1, 0.15) is 18.4 Å². The molecule has 0 radical (unpaired) electrons. The van der Waals surface area contributed by atoms with E-state index in [-0.39, 0.29) is 15.4 Å². The molecule has 34 heavy (non-hydrogen) atoms. The number of hydrogen-bond acceptors (Lipinski definition) is 5. The van der Waals surface area contributed by atoms with E-state index >= 15 is 0 Å². The van der Waals surface area contributed by atoms with Crippen LogP contribution in [0.25, 0.3) is 22.2 Å². The van der Waals surface area contributed by atoms with Crippen molar-refractivity contribution in [3.8, 4) is 11.1 Å². The maximum absolute atomic E-state index is 13.4. The number of rotatable bonds is 5. The molecular formula is C24H22ClN3O4S2. The summed E-state index contributed by atoms with van der Waals surface area (Å²) in [7, 11) is -7.49. The first-order valence-corrected chi connectivity index (χ1v) is 14.0. The summed E-state index contributed by atoms with van der Waals surface area (Å²) in [4.78, 5) is 4.64. The zero-order valence-electron chi connectivity index (χ0n) is 18.3. The fraction of sp³-hybridized carbons (Fsp3) is 0.208. The molecule has 5 rings (SSSR count). The van der Waals surface area contributed by atoms with Crippen LogP contribution in [0.15, 0.2) is 76.8 Å². The monoisotopic (exact) mass is 515 g/mol. The maximum Gasteiger partial charge on any atom is 0.269 e. The second kappa shape index (κ2) is 8.49. The molecule has 0 amide bonds. The molecule has 0 N–H and O–H groups in total. The number of fused-ring (bicyclic) bond motifs is 1. The van der Waals surface area contributed by atoms with Gasteiger partial charge in [-0.25, -0.2) is 25.8 Å². The molecule has 1 aliphatic heterocycles. The Morgan fingerprint density at radius 2 is 1.41 bits per heavy atom. The second-order valence-corrected chi connectivity index (χ2v) is 12.4. The summed E-state index contributed by atoms with van der Waals surface area (Å²) in [5, 5.41) is 0.835. The third kappa shape index (κ3) is 3.82. The summed E-state index contributed by atoms with van der Waals surface area (Å²) in [5.41, 5.74) is 2.34. The van der Waals surface area contributed by atoms with Gasteiger partial charge in [0, 0.05) is 36.4 Å². The summed E-state index contributed by atoms with van der Waals surface area (Å²) in [6.07, 6.45) is 4.67. The summed E-state index contributed by atoms with van der Waals surface area (Å²) in [6.45, 7) is 2.93. The van der Waals surface area contributed by atoms with Gasteiger partial charge < -0.3 is 0 Å². The van der Waals surface area contributed by atoms with Crippen LogP contribution in [-0.4, -0.2) is 43.2 Å². The molecule has 1 fully saturated rings. The summed E-state index contributed by atoms with van der Waals surface area (Å²) < 4.78 is 55.3. The highest BCUT2D eigenvalue weighted by Crippen LogP contribution is 2.37. The number of sulfonamides is 1. The Morgan fingerprint density at radius 3 is 2.06 bits per heavy atom. The lowest BCUT2D eigenvalue weighted by molar-refractivity contribution is 0.477. The quantitative estimate of drug-likeness (QED) is 0.385. The molecule has 2 aromatic carbocycles. The number of hydrogen-bond donors (Lipinski definition) is 0. The van der Waals surface area contributed by atoms with Gasteiger partial charge in [-0.1, -0.05) is 41.4 Å². The van der Waals surface area contributed by atoms with Gasteiger partial charge in [0.15, 0.2) is 5.65 Å². The van der Waals surface area contributed by atoms with E-state index in [4.69, 9.17) is 11.6 Å². The third-order valence-corrected chi connectivity index (χ3v) is 9.94. The molecule has 1 saturated heterocycles. The second-order valence-electron chi connectivity index (χ2n) is 8.28. The van der Waals surface area contributed by atoms with Crippen molar-refractivity contribution in [2.45, 2.75) is 29.6 Å². The Labute approximate surface area is 203 Å². The van der Waals surface area contributed by atoms with Crippen LogP contribution in [0.3, 0.4) is 0 Å². The average molecular weight is 516 g/mol. The Balaban J connectivity index is 1.63. The smallest absolute Gasteiger partial charge is 0.237 e. The van der Waals surface area contributed by atoms with E-state index < -0.39 is 20.0 Å². The van der Waals surface area contributed by atoms with Gasteiger partial charge in [-0.05, 0) is 55.7 Å². The minimum Gasteiger partial charge on any atom is -0.237 e. The topological polar surface area (TPSA) is 89.3 Å². The average Bonchev–Trinajstić information content (AvgIpc) is 3.49. The molecular weight excluding hydrogens is 494 g/mol. The number of pyridine rings is 1. The van der Waals surface area contributed by atoms with Crippen LogP contribution in [0.5, 0.6) is 0 Å². The molecule has 1 aliphatic rings. The molecule has 0 saturated carbocycles. The van der Waals surface area contributed by atoms with Crippen LogP contribution >= 0.6 is 11.6 Å². The van der Waals surface area contributed by atoms with Gasteiger partial charge in [0.1, 0.15) is 0 Å². The minimum absolute atomic E-state index is 0.135. The molecule has 176 valence electrons. The molecule has 0 spiro atoms. The molecule has 0 bridgehead atoms. The van der Waals surface area contributed by atoms with Crippen LogP contribution in [-0.2, 0) is 20.0 Å². The van der Waals surface area contributed by atoms with E-state index in [1.807, 2.05) is 6.92 Å². The Hall–Kier alpha value is -2.72. The first kappa shape index (κ1) is 23.0. The van der Waals surface area contributed by atoms with Crippen LogP contribution in [0.2, 0.25) is 5.02 Å². The van der Waals surface area contributed by atoms with Crippen molar-refractivity contribution in [1.29, 1.82) is 0 Å². The van der Waals surface area contributed by atoms with Crippen molar-refractivity contribution >= 4 is 42.7 Å². The molecule has 2 aromatic heterocycles. The summed E-state index contributed by atoms with van der Waals surface area (Å²) >= 11 is 6.48. The fourth-order valence-electron chi connectivity index (χ4n) is 4.20. The van der Waals surface area contributed by atoms with Crippen molar-refractivity contribution in [3.05, 3.63) is 77.6 Å².